The molecular formula is C20H34O4S. The summed E-state index contributed by atoms with van der Waals surface area (Å²) >= 11 is 1.64. The third kappa shape index (κ3) is 10.9. The lowest BCUT2D eigenvalue weighted by molar-refractivity contribution is -0.0725. The summed E-state index contributed by atoms with van der Waals surface area (Å²) in [7, 11) is 1.72. The lowest BCUT2D eigenvalue weighted by Crippen LogP contribution is -2.31. The SMILES string of the molecule is COC(C)(C)CCOC(C)(C)CCOCC(O)CSc1ccccc1. The number of aliphatic hydroxyl groups is 1. The molecule has 0 amide bonds. The summed E-state index contributed by atoms with van der Waals surface area (Å²) in [5.41, 5.74) is -0.402. The van der Waals surface area contributed by atoms with Crippen LogP contribution < -0.4 is 0 Å². The summed E-state index contributed by atoms with van der Waals surface area (Å²) in [5, 5.41) is 10.0. The summed E-state index contributed by atoms with van der Waals surface area (Å²) in [6.45, 7) is 9.84. The van der Waals surface area contributed by atoms with E-state index in [-0.39, 0.29) is 11.2 Å². The van der Waals surface area contributed by atoms with E-state index in [0.29, 0.717) is 25.6 Å². The van der Waals surface area contributed by atoms with Crippen LogP contribution in [0.3, 0.4) is 0 Å². The Bertz CT molecular complexity index is 462. The van der Waals surface area contributed by atoms with E-state index in [2.05, 4.69) is 27.7 Å². The highest BCUT2D eigenvalue weighted by Gasteiger charge is 2.22. The Morgan fingerprint density at radius 1 is 1.00 bits per heavy atom. The molecule has 0 heterocycles. The zero-order valence-electron chi connectivity index (χ0n) is 16.3. The molecule has 25 heavy (non-hydrogen) atoms. The highest BCUT2D eigenvalue weighted by molar-refractivity contribution is 7.99. The predicted octanol–water partition coefficient (Wildman–Crippen LogP) is 4.16. The molecule has 1 atom stereocenters. The lowest BCUT2D eigenvalue weighted by Gasteiger charge is -2.29. The quantitative estimate of drug-likeness (QED) is 0.417. The number of ether oxygens (including phenoxy) is 3. The van der Waals surface area contributed by atoms with E-state index in [0.717, 1.165) is 17.7 Å². The highest BCUT2D eigenvalue weighted by Crippen LogP contribution is 2.20. The smallest absolute Gasteiger partial charge is 0.0867 e. The molecule has 0 bridgehead atoms. The average Bonchev–Trinajstić information content (AvgIpc) is 2.57. The molecule has 1 unspecified atom stereocenters. The van der Waals surface area contributed by atoms with Crippen LogP contribution in [0.5, 0.6) is 0 Å². The minimum Gasteiger partial charge on any atom is -0.390 e. The van der Waals surface area contributed by atoms with Crippen molar-refractivity contribution in [2.45, 2.75) is 62.7 Å². The van der Waals surface area contributed by atoms with Crippen molar-refractivity contribution in [3.05, 3.63) is 30.3 Å². The van der Waals surface area contributed by atoms with Crippen LogP contribution >= 0.6 is 11.8 Å². The van der Waals surface area contributed by atoms with Gasteiger partial charge in [-0.25, -0.2) is 0 Å². The van der Waals surface area contributed by atoms with Crippen molar-refractivity contribution in [1.82, 2.24) is 0 Å². The summed E-state index contributed by atoms with van der Waals surface area (Å²) in [6.07, 6.45) is 1.18. The zero-order chi connectivity index (χ0) is 18.8. The Morgan fingerprint density at radius 2 is 1.64 bits per heavy atom. The van der Waals surface area contributed by atoms with Gasteiger partial charge in [0.25, 0.3) is 0 Å². The first-order chi connectivity index (χ1) is 11.7. The van der Waals surface area contributed by atoms with E-state index >= 15 is 0 Å². The van der Waals surface area contributed by atoms with Crippen LogP contribution in [0.1, 0.15) is 40.5 Å². The Labute approximate surface area is 157 Å². The van der Waals surface area contributed by atoms with E-state index in [9.17, 15) is 5.11 Å². The van der Waals surface area contributed by atoms with Crippen molar-refractivity contribution in [3.8, 4) is 0 Å². The number of hydrogen-bond acceptors (Lipinski definition) is 5. The number of methoxy groups -OCH3 is 1. The molecule has 0 spiro atoms. The molecule has 0 aliphatic heterocycles. The van der Waals surface area contributed by atoms with Crippen LogP contribution in [0.4, 0.5) is 0 Å². The van der Waals surface area contributed by atoms with Gasteiger partial charge in [0.15, 0.2) is 0 Å². The third-order valence-electron chi connectivity index (χ3n) is 4.09. The second-order valence-corrected chi connectivity index (χ2v) is 8.52. The first-order valence-corrected chi connectivity index (χ1v) is 9.85. The van der Waals surface area contributed by atoms with Crippen LogP contribution in [0.2, 0.25) is 0 Å². The standard InChI is InChI=1S/C20H34O4S/c1-19(2,22-5)12-14-24-20(3,4)11-13-23-15-17(21)16-25-18-9-7-6-8-10-18/h6-10,17,21H,11-16H2,1-5H3. The van der Waals surface area contributed by atoms with Gasteiger partial charge in [0.05, 0.1) is 30.5 Å². The van der Waals surface area contributed by atoms with Crippen molar-refractivity contribution >= 4 is 11.8 Å². The fourth-order valence-electron chi connectivity index (χ4n) is 2.04. The molecule has 5 heteroatoms. The largest absolute Gasteiger partial charge is 0.390 e. The van der Waals surface area contributed by atoms with Crippen LogP contribution in [0.25, 0.3) is 0 Å². The maximum atomic E-state index is 10.0. The zero-order valence-corrected chi connectivity index (χ0v) is 17.1. The summed E-state index contributed by atoms with van der Waals surface area (Å²) < 4.78 is 17.0. The van der Waals surface area contributed by atoms with Crippen LogP contribution in [0.15, 0.2) is 35.2 Å². The Hall–Kier alpha value is -0.590. The molecule has 0 aromatic heterocycles. The Kier molecular flexibility index (Phi) is 10.1. The molecule has 0 radical (unpaired) electrons. The lowest BCUT2D eigenvalue weighted by atomic mass is 10.0. The van der Waals surface area contributed by atoms with E-state index in [1.165, 1.54) is 0 Å². The van der Waals surface area contributed by atoms with Crippen LogP contribution in [-0.2, 0) is 14.2 Å². The van der Waals surface area contributed by atoms with Gasteiger partial charge in [-0.1, -0.05) is 18.2 Å². The van der Waals surface area contributed by atoms with Gasteiger partial charge in [0.2, 0.25) is 0 Å². The first kappa shape index (κ1) is 22.5. The number of benzene rings is 1. The van der Waals surface area contributed by atoms with Gasteiger partial charge in [-0.15, -0.1) is 11.8 Å². The Morgan fingerprint density at radius 3 is 2.28 bits per heavy atom. The molecular weight excluding hydrogens is 336 g/mol. The van der Waals surface area contributed by atoms with Crippen molar-refractivity contribution in [2.75, 3.05) is 32.7 Å². The van der Waals surface area contributed by atoms with Crippen LogP contribution in [0, 0.1) is 0 Å². The summed E-state index contributed by atoms with van der Waals surface area (Å²) in [5.74, 6) is 0.635. The van der Waals surface area contributed by atoms with Gasteiger partial charge in [-0.3, -0.25) is 0 Å². The monoisotopic (exact) mass is 370 g/mol. The van der Waals surface area contributed by atoms with Crippen LogP contribution in [-0.4, -0.2) is 55.1 Å². The molecule has 1 aromatic rings. The topological polar surface area (TPSA) is 47.9 Å². The van der Waals surface area contributed by atoms with E-state index in [1.807, 2.05) is 30.3 Å². The molecule has 0 saturated carbocycles. The summed E-state index contributed by atoms with van der Waals surface area (Å²) in [4.78, 5) is 1.16. The molecule has 1 N–H and O–H groups in total. The van der Waals surface area contributed by atoms with E-state index in [4.69, 9.17) is 14.2 Å². The second kappa shape index (κ2) is 11.2. The first-order valence-electron chi connectivity index (χ1n) is 8.87. The molecule has 1 aromatic carbocycles. The fourth-order valence-corrected chi connectivity index (χ4v) is 2.87. The predicted molar refractivity (Wildman–Crippen MR) is 104 cm³/mol. The average molecular weight is 371 g/mol. The van der Waals surface area contributed by atoms with Gasteiger partial charge >= 0.3 is 0 Å². The number of thioether (sulfide) groups is 1. The minimum absolute atomic E-state index is 0.160. The van der Waals surface area contributed by atoms with Gasteiger partial charge < -0.3 is 19.3 Å². The molecule has 0 saturated heterocycles. The third-order valence-corrected chi connectivity index (χ3v) is 5.25. The Balaban J connectivity index is 2.12. The second-order valence-electron chi connectivity index (χ2n) is 7.42. The highest BCUT2D eigenvalue weighted by atomic mass is 32.2. The van der Waals surface area contributed by atoms with Crippen molar-refractivity contribution in [2.24, 2.45) is 0 Å². The molecule has 0 aliphatic rings. The number of hydrogen-bond donors (Lipinski definition) is 1. The van der Waals surface area contributed by atoms with Gasteiger partial charge in [-0.05, 0) is 52.7 Å². The number of aliphatic hydroxyl groups excluding tert-OH is 1. The number of rotatable bonds is 13. The van der Waals surface area contributed by atoms with Gasteiger partial charge in [0.1, 0.15) is 0 Å². The fraction of sp³-hybridized carbons (Fsp3) is 0.700. The molecule has 144 valence electrons. The van der Waals surface area contributed by atoms with Crippen molar-refractivity contribution in [1.29, 1.82) is 0 Å². The van der Waals surface area contributed by atoms with Crippen molar-refractivity contribution in [3.63, 3.8) is 0 Å². The maximum Gasteiger partial charge on any atom is 0.0867 e. The molecule has 4 nitrogen and oxygen atoms in total. The molecule has 0 aliphatic carbocycles. The maximum absolute atomic E-state index is 10.0. The molecule has 1 rings (SSSR count). The minimum atomic E-state index is -0.461. The molecule has 0 fully saturated rings. The summed E-state index contributed by atoms with van der Waals surface area (Å²) in [6, 6.07) is 10.1. The van der Waals surface area contributed by atoms with Crippen molar-refractivity contribution < 1.29 is 19.3 Å². The normalized spacial score (nSPS) is 13.8. The van der Waals surface area contributed by atoms with Gasteiger partial charge in [-0.2, -0.15) is 0 Å². The van der Waals surface area contributed by atoms with Gasteiger partial charge in [0, 0.05) is 24.4 Å². The van der Waals surface area contributed by atoms with E-state index < -0.39 is 6.10 Å². The van der Waals surface area contributed by atoms with E-state index in [1.54, 1.807) is 18.9 Å².